The van der Waals surface area contributed by atoms with E-state index in [1.54, 1.807) is 11.6 Å². The molecular formula is C18H17ClFN5OS. The zero-order valence-electron chi connectivity index (χ0n) is 14.9. The lowest BCUT2D eigenvalue weighted by Crippen LogP contribution is -2.23. The maximum Gasteiger partial charge on any atom is 0.237 e. The molecule has 0 saturated heterocycles. The van der Waals surface area contributed by atoms with Crippen molar-refractivity contribution in [2.75, 3.05) is 5.32 Å². The molecule has 140 valence electrons. The molecule has 6 nitrogen and oxygen atoms in total. The molecule has 0 aliphatic carbocycles. The molecule has 0 radical (unpaired) electrons. The number of rotatable bonds is 5. The first-order valence-corrected chi connectivity index (χ1v) is 9.39. The number of carbonyl (C=O) groups is 1. The van der Waals surface area contributed by atoms with E-state index < -0.39 is 11.1 Å². The first kappa shape index (κ1) is 19.3. The molecule has 3 rings (SSSR count). The highest BCUT2D eigenvalue weighted by atomic mass is 35.5. The number of halogens is 2. The number of amides is 1. The molecule has 3 aromatic rings. The van der Waals surface area contributed by atoms with Crippen LogP contribution in [0.2, 0.25) is 5.02 Å². The van der Waals surface area contributed by atoms with Gasteiger partial charge in [0.15, 0.2) is 0 Å². The topological polar surface area (TPSA) is 72.7 Å². The van der Waals surface area contributed by atoms with Gasteiger partial charge in [-0.05, 0) is 61.0 Å². The summed E-state index contributed by atoms with van der Waals surface area (Å²) in [4.78, 5) is 12.4. The lowest BCUT2D eigenvalue weighted by atomic mass is 10.1. The maximum absolute atomic E-state index is 13.9. The summed E-state index contributed by atoms with van der Waals surface area (Å²) < 4.78 is 15.5. The van der Waals surface area contributed by atoms with Gasteiger partial charge in [-0.3, -0.25) is 4.79 Å². The number of anilines is 1. The standard InChI is InChI=1S/C18H17ClFN5OS/c1-10-4-7-16(11(2)8-10)25-18(22-23-24-25)27-12(3)17(26)21-15-6-5-13(19)9-14(15)20/h4-9,12H,1-3H3,(H,21,26)/t12-/m0/s1. The van der Waals surface area contributed by atoms with Crippen LogP contribution in [0.3, 0.4) is 0 Å². The fourth-order valence-corrected chi connectivity index (χ4v) is 3.44. The highest BCUT2D eigenvalue weighted by molar-refractivity contribution is 8.00. The Balaban J connectivity index is 1.76. The van der Waals surface area contributed by atoms with Crippen LogP contribution in [0.15, 0.2) is 41.6 Å². The number of hydrogen-bond donors (Lipinski definition) is 1. The van der Waals surface area contributed by atoms with Crippen LogP contribution in [-0.2, 0) is 4.79 Å². The third kappa shape index (κ3) is 4.45. The number of nitrogens with one attached hydrogen (secondary N) is 1. The number of nitrogens with zero attached hydrogens (tertiary/aromatic N) is 4. The Morgan fingerprint density at radius 3 is 2.74 bits per heavy atom. The second-order valence-corrected chi connectivity index (χ2v) is 7.78. The smallest absolute Gasteiger partial charge is 0.237 e. The summed E-state index contributed by atoms with van der Waals surface area (Å²) in [7, 11) is 0. The van der Waals surface area contributed by atoms with Gasteiger partial charge < -0.3 is 5.32 Å². The molecule has 9 heteroatoms. The molecule has 1 atom stereocenters. The van der Waals surface area contributed by atoms with Crippen LogP contribution in [0.25, 0.3) is 5.69 Å². The average Bonchev–Trinajstić information content (AvgIpc) is 3.05. The van der Waals surface area contributed by atoms with E-state index >= 15 is 0 Å². The summed E-state index contributed by atoms with van der Waals surface area (Å²) in [5.41, 5.74) is 3.07. The van der Waals surface area contributed by atoms with Crippen LogP contribution in [0, 0.1) is 19.7 Å². The Labute approximate surface area is 165 Å². The quantitative estimate of drug-likeness (QED) is 0.644. The fourth-order valence-electron chi connectivity index (χ4n) is 2.48. The average molecular weight is 406 g/mol. The Hall–Kier alpha value is -2.45. The van der Waals surface area contributed by atoms with Gasteiger partial charge in [0.2, 0.25) is 11.1 Å². The lowest BCUT2D eigenvalue weighted by molar-refractivity contribution is -0.115. The Morgan fingerprint density at radius 1 is 1.26 bits per heavy atom. The summed E-state index contributed by atoms with van der Waals surface area (Å²) in [6, 6.07) is 10.0. The van der Waals surface area contributed by atoms with Gasteiger partial charge in [-0.25, -0.2) is 4.39 Å². The minimum atomic E-state index is -0.590. The number of benzene rings is 2. The summed E-state index contributed by atoms with van der Waals surface area (Å²) in [5, 5.41) is 14.5. The number of aromatic nitrogens is 4. The molecule has 0 spiro atoms. The lowest BCUT2D eigenvalue weighted by Gasteiger charge is -2.13. The van der Waals surface area contributed by atoms with Crippen LogP contribution < -0.4 is 5.32 Å². The molecule has 2 aromatic carbocycles. The number of hydrogen-bond acceptors (Lipinski definition) is 5. The molecular weight excluding hydrogens is 389 g/mol. The van der Waals surface area contributed by atoms with Gasteiger partial charge in [0.25, 0.3) is 0 Å². The molecule has 1 N–H and O–H groups in total. The molecule has 0 saturated carbocycles. The second-order valence-electron chi connectivity index (χ2n) is 6.04. The van der Waals surface area contributed by atoms with Crippen molar-refractivity contribution in [3.63, 3.8) is 0 Å². The van der Waals surface area contributed by atoms with Crippen LogP contribution in [0.4, 0.5) is 10.1 Å². The molecule has 0 unspecified atom stereocenters. The zero-order chi connectivity index (χ0) is 19.6. The summed E-state index contributed by atoms with van der Waals surface area (Å²) >= 11 is 6.91. The van der Waals surface area contributed by atoms with E-state index in [0.717, 1.165) is 22.9 Å². The van der Waals surface area contributed by atoms with Gasteiger partial charge in [0.1, 0.15) is 5.82 Å². The van der Waals surface area contributed by atoms with E-state index in [0.29, 0.717) is 5.16 Å². The molecule has 1 aromatic heterocycles. The van der Waals surface area contributed by atoms with Gasteiger partial charge >= 0.3 is 0 Å². The number of carbonyl (C=O) groups excluding carboxylic acids is 1. The molecule has 1 heterocycles. The van der Waals surface area contributed by atoms with Crippen molar-refractivity contribution in [2.24, 2.45) is 0 Å². The van der Waals surface area contributed by atoms with Crippen molar-refractivity contribution in [1.29, 1.82) is 0 Å². The Bertz CT molecular complexity index is 994. The van der Waals surface area contributed by atoms with Crippen molar-refractivity contribution >= 4 is 35.0 Å². The van der Waals surface area contributed by atoms with Crippen molar-refractivity contribution in [3.8, 4) is 5.69 Å². The van der Waals surface area contributed by atoms with Crippen LogP contribution in [-0.4, -0.2) is 31.4 Å². The normalized spacial score (nSPS) is 12.0. The monoisotopic (exact) mass is 405 g/mol. The van der Waals surface area contributed by atoms with E-state index in [2.05, 4.69) is 20.8 Å². The van der Waals surface area contributed by atoms with Gasteiger partial charge in [-0.15, -0.1) is 5.10 Å². The van der Waals surface area contributed by atoms with Crippen LogP contribution in [0.5, 0.6) is 0 Å². The van der Waals surface area contributed by atoms with E-state index in [9.17, 15) is 9.18 Å². The number of tetrazole rings is 1. The van der Waals surface area contributed by atoms with Crippen molar-refractivity contribution in [1.82, 2.24) is 20.2 Å². The molecule has 0 aliphatic rings. The SMILES string of the molecule is Cc1ccc(-n2nnnc2S[C@@H](C)C(=O)Nc2ccc(Cl)cc2F)c(C)c1. The fraction of sp³-hybridized carbons (Fsp3) is 0.222. The molecule has 0 fully saturated rings. The second kappa shape index (κ2) is 8.06. The molecule has 0 bridgehead atoms. The predicted molar refractivity (Wildman–Crippen MR) is 104 cm³/mol. The zero-order valence-corrected chi connectivity index (χ0v) is 16.5. The Morgan fingerprint density at radius 2 is 2.04 bits per heavy atom. The summed E-state index contributed by atoms with van der Waals surface area (Å²) in [5.74, 6) is -0.954. The van der Waals surface area contributed by atoms with Gasteiger partial charge in [-0.1, -0.05) is 41.1 Å². The minimum Gasteiger partial charge on any atom is -0.323 e. The van der Waals surface area contributed by atoms with E-state index in [4.69, 9.17) is 11.6 Å². The van der Waals surface area contributed by atoms with Crippen molar-refractivity contribution in [2.45, 2.75) is 31.2 Å². The number of thioether (sulfide) groups is 1. The minimum absolute atomic E-state index is 0.0748. The molecule has 27 heavy (non-hydrogen) atoms. The van der Waals surface area contributed by atoms with E-state index in [1.165, 1.54) is 23.9 Å². The first-order chi connectivity index (χ1) is 12.8. The van der Waals surface area contributed by atoms with E-state index in [1.807, 2.05) is 32.0 Å². The molecule has 0 aliphatic heterocycles. The third-order valence-electron chi connectivity index (χ3n) is 3.86. The van der Waals surface area contributed by atoms with Crippen LogP contribution >= 0.6 is 23.4 Å². The van der Waals surface area contributed by atoms with Gasteiger partial charge in [0.05, 0.1) is 16.6 Å². The van der Waals surface area contributed by atoms with Gasteiger partial charge in [-0.2, -0.15) is 4.68 Å². The molecule has 1 amide bonds. The third-order valence-corrected chi connectivity index (χ3v) is 5.13. The largest absolute Gasteiger partial charge is 0.323 e. The highest BCUT2D eigenvalue weighted by Crippen LogP contribution is 2.26. The highest BCUT2D eigenvalue weighted by Gasteiger charge is 2.21. The van der Waals surface area contributed by atoms with Gasteiger partial charge in [0, 0.05) is 5.02 Å². The summed E-state index contributed by atoms with van der Waals surface area (Å²) in [6.07, 6.45) is 0. The predicted octanol–water partition coefficient (Wildman–Crippen LogP) is 4.19. The maximum atomic E-state index is 13.9. The summed E-state index contributed by atoms with van der Waals surface area (Å²) in [6.45, 7) is 5.68. The number of aryl methyl sites for hydroxylation is 2. The van der Waals surface area contributed by atoms with E-state index in [-0.39, 0.29) is 16.6 Å². The van der Waals surface area contributed by atoms with Crippen molar-refractivity contribution < 1.29 is 9.18 Å². The van der Waals surface area contributed by atoms with Crippen LogP contribution in [0.1, 0.15) is 18.1 Å². The van der Waals surface area contributed by atoms with Crippen molar-refractivity contribution in [3.05, 3.63) is 58.4 Å². The first-order valence-electron chi connectivity index (χ1n) is 8.13. The Kier molecular flexibility index (Phi) is 5.76.